The second kappa shape index (κ2) is 6.65. The highest BCUT2D eigenvalue weighted by molar-refractivity contribution is 7.07. The number of aromatic nitrogens is 1. The molecular formula is C13H12F3N3O2S. The molecule has 0 aliphatic heterocycles. The van der Waals surface area contributed by atoms with Crippen LogP contribution in [-0.2, 0) is 12.6 Å². The maximum atomic E-state index is 12.5. The highest BCUT2D eigenvalue weighted by Gasteiger charge is 2.31. The Kier molecular flexibility index (Phi) is 4.86. The minimum Gasteiger partial charge on any atom is -0.338 e. The molecule has 5 nitrogen and oxygen atoms in total. The van der Waals surface area contributed by atoms with Gasteiger partial charge in [-0.3, -0.25) is 4.79 Å². The van der Waals surface area contributed by atoms with Crippen molar-refractivity contribution in [1.82, 2.24) is 10.3 Å². The summed E-state index contributed by atoms with van der Waals surface area (Å²) in [6.07, 6.45) is -3.45. The van der Waals surface area contributed by atoms with Crippen LogP contribution in [0.25, 0.3) is 0 Å². The third kappa shape index (κ3) is 4.35. The molecule has 0 saturated carbocycles. The number of rotatable bonds is 4. The third-order valence-electron chi connectivity index (χ3n) is 2.76. The van der Waals surface area contributed by atoms with Gasteiger partial charge in [0.25, 0.3) is 5.56 Å². The average Bonchev–Trinajstić information content (AvgIpc) is 2.93. The molecule has 2 aromatic heterocycles. The van der Waals surface area contributed by atoms with E-state index in [2.05, 4.69) is 10.6 Å². The summed E-state index contributed by atoms with van der Waals surface area (Å²) < 4.78 is 37.6. The highest BCUT2D eigenvalue weighted by atomic mass is 32.1. The van der Waals surface area contributed by atoms with Crippen molar-refractivity contribution in [3.05, 3.63) is 50.6 Å². The first-order chi connectivity index (χ1) is 10.4. The van der Waals surface area contributed by atoms with Crippen LogP contribution >= 0.6 is 11.3 Å². The molecule has 0 radical (unpaired) electrons. The van der Waals surface area contributed by atoms with Crippen molar-refractivity contribution in [3.63, 3.8) is 0 Å². The van der Waals surface area contributed by atoms with Gasteiger partial charge in [-0.2, -0.15) is 24.5 Å². The summed E-state index contributed by atoms with van der Waals surface area (Å²) in [4.78, 5) is 25.0. The minimum atomic E-state index is -4.60. The highest BCUT2D eigenvalue weighted by Crippen LogP contribution is 2.29. The lowest BCUT2D eigenvalue weighted by Crippen LogP contribution is -2.32. The van der Waals surface area contributed by atoms with Gasteiger partial charge in [-0.1, -0.05) is 0 Å². The fourth-order valence-electron chi connectivity index (χ4n) is 1.66. The van der Waals surface area contributed by atoms with Crippen LogP contribution in [-0.4, -0.2) is 17.6 Å². The number of nitrogens with one attached hydrogen (secondary N) is 3. The zero-order valence-corrected chi connectivity index (χ0v) is 12.0. The van der Waals surface area contributed by atoms with Crippen molar-refractivity contribution in [2.45, 2.75) is 12.6 Å². The third-order valence-corrected chi connectivity index (χ3v) is 3.49. The molecule has 0 spiro atoms. The molecule has 118 valence electrons. The predicted molar refractivity (Wildman–Crippen MR) is 77.1 cm³/mol. The molecular weight excluding hydrogens is 319 g/mol. The smallest absolute Gasteiger partial charge is 0.338 e. The lowest BCUT2D eigenvalue weighted by Gasteiger charge is -2.10. The zero-order chi connectivity index (χ0) is 16.2. The van der Waals surface area contributed by atoms with Crippen LogP contribution in [0, 0.1) is 0 Å². The maximum absolute atomic E-state index is 12.5. The second-order valence-corrected chi connectivity index (χ2v) is 5.17. The molecule has 2 aromatic rings. The Bertz CT molecular complexity index is 695. The first kappa shape index (κ1) is 16.1. The summed E-state index contributed by atoms with van der Waals surface area (Å²) in [7, 11) is 0. The summed E-state index contributed by atoms with van der Waals surface area (Å²) in [5.41, 5.74) is -1.26. The number of halogens is 3. The van der Waals surface area contributed by atoms with Crippen LogP contribution < -0.4 is 16.2 Å². The fraction of sp³-hybridized carbons (Fsp3) is 0.231. The lowest BCUT2D eigenvalue weighted by molar-refractivity contribution is -0.137. The van der Waals surface area contributed by atoms with E-state index in [1.807, 2.05) is 21.8 Å². The maximum Gasteiger partial charge on any atom is 0.417 e. The lowest BCUT2D eigenvalue weighted by atomic mass is 10.2. The Morgan fingerprint density at radius 2 is 2.14 bits per heavy atom. The Balaban J connectivity index is 1.94. The number of aromatic amines is 1. The molecule has 0 aromatic carbocycles. The molecule has 0 atom stereocenters. The number of anilines is 1. The molecule has 0 unspecified atom stereocenters. The number of urea groups is 1. The number of thiophene rings is 1. The van der Waals surface area contributed by atoms with E-state index < -0.39 is 29.0 Å². The summed E-state index contributed by atoms with van der Waals surface area (Å²) in [5, 5.41) is 8.42. The van der Waals surface area contributed by atoms with E-state index in [1.54, 1.807) is 0 Å². The number of pyridine rings is 1. The number of hydrogen-bond donors (Lipinski definition) is 3. The summed E-state index contributed by atoms with van der Waals surface area (Å²) in [5.74, 6) is 0. The Morgan fingerprint density at radius 3 is 2.77 bits per heavy atom. The van der Waals surface area contributed by atoms with Gasteiger partial charge in [-0.15, -0.1) is 0 Å². The number of amides is 2. The molecule has 2 heterocycles. The normalized spacial score (nSPS) is 11.2. The number of H-pyrrole nitrogens is 1. The fourth-order valence-corrected chi connectivity index (χ4v) is 2.37. The number of hydrogen-bond acceptors (Lipinski definition) is 3. The van der Waals surface area contributed by atoms with Gasteiger partial charge >= 0.3 is 12.2 Å². The molecule has 0 saturated heterocycles. The van der Waals surface area contributed by atoms with Crippen LogP contribution in [0.1, 0.15) is 11.1 Å². The number of carbonyl (C=O) groups is 1. The largest absolute Gasteiger partial charge is 0.417 e. The van der Waals surface area contributed by atoms with Gasteiger partial charge in [-0.05, 0) is 34.9 Å². The van der Waals surface area contributed by atoms with Gasteiger partial charge in [0.1, 0.15) is 5.69 Å². The minimum absolute atomic E-state index is 0.305. The molecule has 9 heteroatoms. The summed E-state index contributed by atoms with van der Waals surface area (Å²) >= 11 is 1.53. The Morgan fingerprint density at radius 1 is 1.36 bits per heavy atom. The molecule has 0 fully saturated rings. The standard InChI is InChI=1S/C13H12F3N3O2S/c14-13(15,16)9-5-10(11(20)18-6-9)19-12(21)17-3-1-8-2-4-22-7-8/h2,4-7H,1,3H2,(H,18,20)(H2,17,19,21). The monoisotopic (exact) mass is 331 g/mol. The number of alkyl halides is 3. The van der Waals surface area contributed by atoms with Crippen molar-refractivity contribution in [3.8, 4) is 0 Å². The van der Waals surface area contributed by atoms with E-state index in [0.29, 0.717) is 25.2 Å². The van der Waals surface area contributed by atoms with Gasteiger partial charge in [0, 0.05) is 12.7 Å². The number of carbonyl (C=O) groups excluding carboxylic acids is 1. The van der Waals surface area contributed by atoms with Crippen molar-refractivity contribution < 1.29 is 18.0 Å². The van der Waals surface area contributed by atoms with E-state index in [-0.39, 0.29) is 0 Å². The molecule has 2 rings (SSSR count). The SMILES string of the molecule is O=C(NCCc1ccsc1)Nc1cc(C(F)(F)F)c[nH]c1=O. The van der Waals surface area contributed by atoms with Crippen molar-refractivity contribution >= 4 is 23.1 Å². The van der Waals surface area contributed by atoms with Gasteiger partial charge in [0.05, 0.1) is 5.56 Å². The van der Waals surface area contributed by atoms with Gasteiger partial charge in [0.15, 0.2) is 0 Å². The van der Waals surface area contributed by atoms with Crippen LogP contribution in [0.3, 0.4) is 0 Å². The molecule has 0 aliphatic rings. The van der Waals surface area contributed by atoms with E-state index in [4.69, 9.17) is 0 Å². The van der Waals surface area contributed by atoms with E-state index >= 15 is 0 Å². The van der Waals surface area contributed by atoms with Crippen molar-refractivity contribution in [2.24, 2.45) is 0 Å². The summed E-state index contributed by atoms with van der Waals surface area (Å²) in [6.45, 7) is 0.305. The van der Waals surface area contributed by atoms with Crippen molar-refractivity contribution in [1.29, 1.82) is 0 Å². The van der Waals surface area contributed by atoms with Crippen LogP contribution in [0.5, 0.6) is 0 Å². The first-order valence-electron chi connectivity index (χ1n) is 6.22. The van der Waals surface area contributed by atoms with E-state index in [0.717, 1.165) is 5.56 Å². The van der Waals surface area contributed by atoms with E-state index in [1.165, 1.54) is 11.3 Å². The average molecular weight is 331 g/mol. The Hall–Kier alpha value is -2.29. The van der Waals surface area contributed by atoms with Crippen molar-refractivity contribution in [2.75, 3.05) is 11.9 Å². The second-order valence-electron chi connectivity index (χ2n) is 4.39. The van der Waals surface area contributed by atoms with Gasteiger partial charge < -0.3 is 15.6 Å². The molecule has 0 bridgehead atoms. The Labute approximate surface area is 127 Å². The molecule has 22 heavy (non-hydrogen) atoms. The quantitative estimate of drug-likeness (QED) is 0.806. The molecule has 0 aliphatic carbocycles. The predicted octanol–water partition coefficient (Wildman–Crippen LogP) is 2.82. The van der Waals surface area contributed by atoms with Crippen LogP contribution in [0.15, 0.2) is 33.9 Å². The van der Waals surface area contributed by atoms with Gasteiger partial charge in [0.2, 0.25) is 0 Å². The zero-order valence-electron chi connectivity index (χ0n) is 11.2. The summed E-state index contributed by atoms with van der Waals surface area (Å²) in [6, 6.07) is 1.76. The molecule has 2 amide bonds. The van der Waals surface area contributed by atoms with E-state index in [9.17, 15) is 22.8 Å². The topological polar surface area (TPSA) is 74.0 Å². The van der Waals surface area contributed by atoms with Gasteiger partial charge in [-0.25, -0.2) is 4.79 Å². The van der Waals surface area contributed by atoms with Crippen LogP contribution in [0.4, 0.5) is 23.7 Å². The first-order valence-corrected chi connectivity index (χ1v) is 7.16. The van der Waals surface area contributed by atoms with Crippen LogP contribution in [0.2, 0.25) is 0 Å². The molecule has 3 N–H and O–H groups in total.